The summed E-state index contributed by atoms with van der Waals surface area (Å²) in [5.41, 5.74) is 4.92. The molecule has 0 aliphatic heterocycles. The highest BCUT2D eigenvalue weighted by atomic mass is 16.3. The molecule has 150 valence electrons. The van der Waals surface area contributed by atoms with Crippen molar-refractivity contribution in [3.8, 4) is 22.6 Å². The van der Waals surface area contributed by atoms with Gasteiger partial charge in [0.1, 0.15) is 23.3 Å². The van der Waals surface area contributed by atoms with Crippen molar-refractivity contribution >= 4 is 11.0 Å². The molecule has 4 heteroatoms. The summed E-state index contributed by atoms with van der Waals surface area (Å²) >= 11 is 0. The second-order valence-corrected chi connectivity index (χ2v) is 7.74. The molecule has 0 spiro atoms. The Labute approximate surface area is 170 Å². The molecule has 0 amide bonds. The largest absolute Gasteiger partial charge is 0.508 e. The van der Waals surface area contributed by atoms with E-state index < -0.39 is 0 Å². The summed E-state index contributed by atoms with van der Waals surface area (Å²) in [6.45, 7) is 7.98. The average Bonchev–Trinajstić information content (AvgIpc) is 2.67. The topological polar surface area (TPSA) is 70.7 Å². The molecule has 0 radical (unpaired) electrons. The van der Waals surface area contributed by atoms with E-state index in [1.54, 1.807) is 18.2 Å². The molecule has 4 nitrogen and oxygen atoms in total. The van der Waals surface area contributed by atoms with Gasteiger partial charge in [-0.1, -0.05) is 35.4 Å². The van der Waals surface area contributed by atoms with Crippen LogP contribution in [0.3, 0.4) is 0 Å². The Morgan fingerprint density at radius 1 is 0.966 bits per heavy atom. The van der Waals surface area contributed by atoms with Crippen molar-refractivity contribution in [1.82, 2.24) is 0 Å². The lowest BCUT2D eigenvalue weighted by molar-refractivity contribution is 0.462. The number of aromatic hydroxyl groups is 2. The van der Waals surface area contributed by atoms with E-state index in [1.807, 2.05) is 39.8 Å². The molecule has 0 aliphatic rings. The number of phenols is 2. The lowest BCUT2D eigenvalue weighted by Gasteiger charge is -2.12. The van der Waals surface area contributed by atoms with Gasteiger partial charge in [-0.3, -0.25) is 4.79 Å². The van der Waals surface area contributed by atoms with Crippen LogP contribution in [0.5, 0.6) is 11.5 Å². The van der Waals surface area contributed by atoms with Crippen LogP contribution in [-0.2, 0) is 12.8 Å². The zero-order valence-corrected chi connectivity index (χ0v) is 17.2. The predicted octanol–water partition coefficient (Wildman–Crippen LogP) is 5.89. The first-order chi connectivity index (χ1) is 13.8. The van der Waals surface area contributed by atoms with E-state index in [0.29, 0.717) is 46.1 Å². The molecule has 0 aliphatic carbocycles. The van der Waals surface area contributed by atoms with Crippen molar-refractivity contribution in [3.05, 3.63) is 81.2 Å². The van der Waals surface area contributed by atoms with Gasteiger partial charge >= 0.3 is 0 Å². The van der Waals surface area contributed by atoms with Gasteiger partial charge in [-0.25, -0.2) is 0 Å². The van der Waals surface area contributed by atoms with Crippen LogP contribution in [-0.4, -0.2) is 10.2 Å². The second-order valence-electron chi connectivity index (χ2n) is 7.74. The zero-order chi connectivity index (χ0) is 21.1. The summed E-state index contributed by atoms with van der Waals surface area (Å²) in [7, 11) is 0. The van der Waals surface area contributed by atoms with Crippen LogP contribution in [0.15, 0.2) is 69.1 Å². The molecule has 1 aromatic heterocycles. The third-order valence-electron chi connectivity index (χ3n) is 4.83. The van der Waals surface area contributed by atoms with Crippen LogP contribution in [0.1, 0.15) is 38.8 Å². The molecular formula is C25H26O4. The fourth-order valence-electron chi connectivity index (χ4n) is 3.20. The zero-order valence-electron chi connectivity index (χ0n) is 17.2. The Balaban J connectivity index is 2.27. The average molecular weight is 390 g/mol. The Morgan fingerprint density at radius 3 is 2.21 bits per heavy atom. The van der Waals surface area contributed by atoms with Gasteiger partial charge in [-0.15, -0.1) is 0 Å². The third kappa shape index (κ3) is 4.43. The number of hydrogen-bond donors (Lipinski definition) is 2. The molecule has 1 heterocycles. The first kappa shape index (κ1) is 20.5. The smallest absolute Gasteiger partial charge is 0.200 e. The highest BCUT2D eigenvalue weighted by Crippen LogP contribution is 2.33. The molecule has 0 bridgehead atoms. The van der Waals surface area contributed by atoms with Crippen LogP contribution >= 0.6 is 0 Å². The maximum absolute atomic E-state index is 13.3. The summed E-state index contributed by atoms with van der Waals surface area (Å²) in [5, 5.41) is 20.8. The monoisotopic (exact) mass is 390 g/mol. The number of fused-ring (bicyclic) bond motifs is 1. The van der Waals surface area contributed by atoms with Crippen molar-refractivity contribution < 1.29 is 14.6 Å². The first-order valence-corrected chi connectivity index (χ1v) is 9.63. The van der Waals surface area contributed by atoms with E-state index in [0.717, 1.165) is 11.1 Å². The van der Waals surface area contributed by atoms with Gasteiger partial charge in [0.15, 0.2) is 0 Å². The van der Waals surface area contributed by atoms with Crippen molar-refractivity contribution in [1.29, 1.82) is 0 Å². The number of rotatable bonds is 5. The minimum Gasteiger partial charge on any atom is -0.508 e. The van der Waals surface area contributed by atoms with E-state index in [-0.39, 0.29) is 16.9 Å². The highest BCUT2D eigenvalue weighted by molar-refractivity contribution is 5.87. The molecule has 3 rings (SSSR count). The Morgan fingerprint density at radius 2 is 1.59 bits per heavy atom. The fraction of sp³-hybridized carbons (Fsp3) is 0.240. The SMILES string of the molecule is CC(C)=CCc1cc2c(=O)c(-c3ccc(O)cc3)coc2c(CC=C(C)C)c1O. The van der Waals surface area contributed by atoms with E-state index in [1.165, 1.54) is 18.4 Å². The summed E-state index contributed by atoms with van der Waals surface area (Å²) < 4.78 is 5.87. The molecule has 0 unspecified atom stereocenters. The molecule has 0 saturated heterocycles. The normalized spacial score (nSPS) is 10.8. The standard InChI is InChI=1S/C25H26O4/c1-15(2)5-7-18-13-21-24(28)22(17-8-10-19(26)11-9-17)14-29-25(21)20(23(18)27)12-6-16(3)4/h5-6,8-11,13-14,26-27H,7,12H2,1-4H3. The highest BCUT2D eigenvalue weighted by Gasteiger charge is 2.18. The molecule has 0 saturated carbocycles. The Kier molecular flexibility index (Phi) is 5.92. The van der Waals surface area contributed by atoms with Crippen molar-refractivity contribution in [2.45, 2.75) is 40.5 Å². The predicted molar refractivity (Wildman–Crippen MR) is 118 cm³/mol. The van der Waals surface area contributed by atoms with Crippen LogP contribution in [0.4, 0.5) is 0 Å². The van der Waals surface area contributed by atoms with Crippen LogP contribution in [0.2, 0.25) is 0 Å². The first-order valence-electron chi connectivity index (χ1n) is 9.63. The van der Waals surface area contributed by atoms with Gasteiger partial charge in [-0.2, -0.15) is 0 Å². The maximum atomic E-state index is 13.3. The molecule has 29 heavy (non-hydrogen) atoms. The minimum absolute atomic E-state index is 0.136. The van der Waals surface area contributed by atoms with Gasteiger partial charge < -0.3 is 14.6 Å². The Hall–Kier alpha value is -3.27. The quantitative estimate of drug-likeness (QED) is 0.533. The van der Waals surface area contributed by atoms with Gasteiger partial charge in [0.05, 0.1) is 10.9 Å². The van der Waals surface area contributed by atoms with E-state index in [2.05, 4.69) is 0 Å². The molecule has 2 aromatic carbocycles. The number of phenolic OH excluding ortho intramolecular Hbond substituents is 2. The number of benzene rings is 2. The summed E-state index contributed by atoms with van der Waals surface area (Å²) in [6, 6.07) is 8.17. The number of allylic oxidation sites excluding steroid dienone is 4. The summed E-state index contributed by atoms with van der Waals surface area (Å²) in [4.78, 5) is 13.3. The van der Waals surface area contributed by atoms with Gasteiger partial charge in [0.2, 0.25) is 5.43 Å². The van der Waals surface area contributed by atoms with E-state index >= 15 is 0 Å². The van der Waals surface area contributed by atoms with Gasteiger partial charge in [0, 0.05) is 5.56 Å². The molecule has 3 aromatic rings. The maximum Gasteiger partial charge on any atom is 0.200 e. The van der Waals surface area contributed by atoms with Crippen LogP contribution < -0.4 is 5.43 Å². The Bertz CT molecular complexity index is 1150. The lowest BCUT2D eigenvalue weighted by atomic mass is 9.96. The van der Waals surface area contributed by atoms with Crippen molar-refractivity contribution in [2.24, 2.45) is 0 Å². The lowest BCUT2D eigenvalue weighted by Crippen LogP contribution is -2.07. The molecular weight excluding hydrogens is 364 g/mol. The molecule has 0 atom stereocenters. The van der Waals surface area contributed by atoms with Crippen molar-refractivity contribution in [2.75, 3.05) is 0 Å². The molecule has 2 N–H and O–H groups in total. The summed E-state index contributed by atoms with van der Waals surface area (Å²) in [5.74, 6) is 0.310. The third-order valence-corrected chi connectivity index (χ3v) is 4.83. The van der Waals surface area contributed by atoms with Gasteiger partial charge in [0.25, 0.3) is 0 Å². The molecule has 0 fully saturated rings. The second kappa shape index (κ2) is 8.39. The van der Waals surface area contributed by atoms with Crippen LogP contribution in [0, 0.1) is 0 Å². The van der Waals surface area contributed by atoms with Crippen LogP contribution in [0.25, 0.3) is 22.1 Å². The number of hydrogen-bond acceptors (Lipinski definition) is 4. The summed E-state index contributed by atoms with van der Waals surface area (Å²) in [6.07, 6.45) is 6.48. The van der Waals surface area contributed by atoms with Crippen molar-refractivity contribution in [3.63, 3.8) is 0 Å². The van der Waals surface area contributed by atoms with Gasteiger partial charge in [-0.05, 0) is 69.9 Å². The van der Waals surface area contributed by atoms with E-state index in [4.69, 9.17) is 4.42 Å². The van der Waals surface area contributed by atoms with E-state index in [9.17, 15) is 15.0 Å². The fourth-order valence-corrected chi connectivity index (χ4v) is 3.20. The minimum atomic E-state index is -0.158.